The number of imidazole rings is 1. The Balaban J connectivity index is 2.39. The van der Waals surface area contributed by atoms with E-state index in [4.69, 9.17) is 23.2 Å². The maximum atomic E-state index is 14.0. The highest BCUT2D eigenvalue weighted by Crippen LogP contribution is 2.27. The van der Waals surface area contributed by atoms with Crippen LogP contribution in [0.25, 0.3) is 16.7 Å². The van der Waals surface area contributed by atoms with E-state index in [9.17, 15) is 8.78 Å². The Morgan fingerprint density at radius 1 is 1.15 bits per heavy atom. The van der Waals surface area contributed by atoms with Gasteiger partial charge in [0.25, 0.3) is 0 Å². The SMILES string of the molecule is Fc1cccc(-n2c(CCl)nc3ccc(Cl)cc32)c1F. The first-order chi connectivity index (χ1) is 9.61. The lowest BCUT2D eigenvalue weighted by Crippen LogP contribution is -2.03. The van der Waals surface area contributed by atoms with Crippen molar-refractivity contribution in [2.75, 3.05) is 0 Å². The summed E-state index contributed by atoms with van der Waals surface area (Å²) < 4.78 is 28.9. The largest absolute Gasteiger partial charge is 0.292 e. The van der Waals surface area contributed by atoms with Crippen molar-refractivity contribution >= 4 is 34.2 Å². The van der Waals surface area contributed by atoms with Crippen LogP contribution in [0.3, 0.4) is 0 Å². The van der Waals surface area contributed by atoms with E-state index in [0.717, 1.165) is 6.07 Å². The number of benzene rings is 2. The van der Waals surface area contributed by atoms with E-state index in [1.165, 1.54) is 16.7 Å². The van der Waals surface area contributed by atoms with Crippen LogP contribution in [0.1, 0.15) is 5.82 Å². The molecule has 0 spiro atoms. The summed E-state index contributed by atoms with van der Waals surface area (Å²) >= 11 is 11.8. The number of hydrogen-bond acceptors (Lipinski definition) is 1. The Labute approximate surface area is 123 Å². The Kier molecular flexibility index (Phi) is 3.36. The fraction of sp³-hybridized carbons (Fsp3) is 0.0714. The highest BCUT2D eigenvalue weighted by Gasteiger charge is 2.17. The second-order valence-electron chi connectivity index (χ2n) is 4.20. The molecule has 0 radical (unpaired) electrons. The van der Waals surface area contributed by atoms with Gasteiger partial charge in [-0.25, -0.2) is 13.8 Å². The van der Waals surface area contributed by atoms with Gasteiger partial charge in [0.2, 0.25) is 0 Å². The van der Waals surface area contributed by atoms with Crippen molar-refractivity contribution in [1.82, 2.24) is 9.55 Å². The molecule has 0 saturated heterocycles. The van der Waals surface area contributed by atoms with Gasteiger partial charge >= 0.3 is 0 Å². The van der Waals surface area contributed by atoms with Gasteiger partial charge in [0.05, 0.1) is 22.6 Å². The van der Waals surface area contributed by atoms with Crippen LogP contribution in [-0.4, -0.2) is 9.55 Å². The molecule has 3 rings (SSSR count). The van der Waals surface area contributed by atoms with E-state index in [1.807, 2.05) is 0 Å². The first kappa shape index (κ1) is 13.3. The zero-order valence-electron chi connectivity index (χ0n) is 10.1. The van der Waals surface area contributed by atoms with E-state index in [0.29, 0.717) is 21.9 Å². The fourth-order valence-electron chi connectivity index (χ4n) is 2.12. The average Bonchev–Trinajstić information content (AvgIpc) is 2.79. The standard InChI is InChI=1S/C14H8Cl2F2N2/c15-7-13-19-10-5-4-8(16)6-12(10)20(13)11-3-1-2-9(17)14(11)18/h1-6H,7H2. The van der Waals surface area contributed by atoms with E-state index in [2.05, 4.69) is 4.98 Å². The summed E-state index contributed by atoms with van der Waals surface area (Å²) in [5.74, 6) is -1.37. The van der Waals surface area contributed by atoms with Crippen LogP contribution in [0.4, 0.5) is 8.78 Å². The van der Waals surface area contributed by atoms with Gasteiger partial charge in [-0.1, -0.05) is 17.7 Å². The minimum atomic E-state index is -0.946. The Morgan fingerprint density at radius 2 is 1.95 bits per heavy atom. The van der Waals surface area contributed by atoms with Gasteiger partial charge in [0.1, 0.15) is 5.82 Å². The van der Waals surface area contributed by atoms with Gasteiger partial charge in [-0.15, -0.1) is 11.6 Å². The molecule has 102 valence electrons. The lowest BCUT2D eigenvalue weighted by Gasteiger charge is -2.09. The van der Waals surface area contributed by atoms with Crippen molar-refractivity contribution in [1.29, 1.82) is 0 Å². The third kappa shape index (κ3) is 2.05. The van der Waals surface area contributed by atoms with Crippen LogP contribution in [-0.2, 0) is 5.88 Å². The van der Waals surface area contributed by atoms with Crippen LogP contribution in [0.5, 0.6) is 0 Å². The molecule has 0 N–H and O–H groups in total. The molecule has 6 heteroatoms. The van der Waals surface area contributed by atoms with E-state index >= 15 is 0 Å². The summed E-state index contributed by atoms with van der Waals surface area (Å²) in [4.78, 5) is 4.30. The summed E-state index contributed by atoms with van der Waals surface area (Å²) in [6.45, 7) is 0. The molecule has 0 saturated carbocycles. The Hall–Kier alpha value is -1.65. The topological polar surface area (TPSA) is 17.8 Å². The Bertz CT molecular complexity index is 799. The maximum absolute atomic E-state index is 14.0. The zero-order chi connectivity index (χ0) is 14.3. The molecule has 0 aliphatic rings. The van der Waals surface area contributed by atoms with Gasteiger partial charge < -0.3 is 0 Å². The average molecular weight is 313 g/mol. The monoisotopic (exact) mass is 312 g/mol. The van der Waals surface area contributed by atoms with E-state index in [-0.39, 0.29) is 11.6 Å². The van der Waals surface area contributed by atoms with Crippen molar-refractivity contribution in [3.05, 3.63) is 58.9 Å². The first-order valence-corrected chi connectivity index (χ1v) is 6.70. The quantitative estimate of drug-likeness (QED) is 0.627. The lowest BCUT2D eigenvalue weighted by atomic mass is 10.2. The summed E-state index contributed by atoms with van der Waals surface area (Å²) in [7, 11) is 0. The predicted octanol–water partition coefficient (Wildman–Crippen LogP) is 4.70. The number of fused-ring (bicyclic) bond motifs is 1. The van der Waals surface area contributed by atoms with Crippen LogP contribution < -0.4 is 0 Å². The van der Waals surface area contributed by atoms with Gasteiger partial charge in [-0.2, -0.15) is 0 Å². The minimum absolute atomic E-state index is 0.0606. The number of rotatable bonds is 2. The molecule has 0 fully saturated rings. The number of nitrogens with zero attached hydrogens (tertiary/aromatic N) is 2. The van der Waals surface area contributed by atoms with Crippen molar-refractivity contribution in [3.63, 3.8) is 0 Å². The van der Waals surface area contributed by atoms with Gasteiger partial charge in [-0.3, -0.25) is 4.57 Å². The second-order valence-corrected chi connectivity index (χ2v) is 4.91. The van der Waals surface area contributed by atoms with Crippen LogP contribution in [0.2, 0.25) is 5.02 Å². The predicted molar refractivity (Wildman–Crippen MR) is 75.6 cm³/mol. The molecule has 0 amide bonds. The molecule has 1 heterocycles. The molecule has 2 aromatic carbocycles. The molecule has 3 aromatic rings. The number of alkyl halides is 1. The first-order valence-electron chi connectivity index (χ1n) is 5.79. The molecule has 2 nitrogen and oxygen atoms in total. The molecular weight excluding hydrogens is 305 g/mol. The second kappa shape index (κ2) is 5.04. The summed E-state index contributed by atoms with van der Waals surface area (Å²) in [5, 5.41) is 0.483. The van der Waals surface area contributed by atoms with Crippen molar-refractivity contribution in [2.45, 2.75) is 5.88 Å². The van der Waals surface area contributed by atoms with Gasteiger partial charge in [0.15, 0.2) is 11.6 Å². The number of aromatic nitrogens is 2. The van der Waals surface area contributed by atoms with Crippen LogP contribution >= 0.6 is 23.2 Å². The van der Waals surface area contributed by atoms with E-state index < -0.39 is 11.6 Å². The highest BCUT2D eigenvalue weighted by molar-refractivity contribution is 6.31. The third-order valence-corrected chi connectivity index (χ3v) is 3.45. The highest BCUT2D eigenvalue weighted by atomic mass is 35.5. The Morgan fingerprint density at radius 3 is 2.70 bits per heavy atom. The lowest BCUT2D eigenvalue weighted by molar-refractivity contribution is 0.504. The zero-order valence-corrected chi connectivity index (χ0v) is 11.6. The van der Waals surface area contributed by atoms with Crippen molar-refractivity contribution in [2.24, 2.45) is 0 Å². The molecule has 20 heavy (non-hydrogen) atoms. The number of halogens is 4. The maximum Gasteiger partial charge on any atom is 0.182 e. The summed E-state index contributed by atoms with van der Waals surface area (Å²) in [5.41, 5.74) is 1.26. The van der Waals surface area contributed by atoms with Crippen LogP contribution in [0, 0.1) is 11.6 Å². The molecule has 1 aromatic heterocycles. The summed E-state index contributed by atoms with van der Waals surface area (Å²) in [6.07, 6.45) is 0. The molecular formula is C14H8Cl2F2N2. The molecule has 0 aliphatic heterocycles. The normalized spacial score (nSPS) is 11.2. The molecule has 0 unspecified atom stereocenters. The molecule has 0 atom stereocenters. The fourth-order valence-corrected chi connectivity index (χ4v) is 2.47. The smallest absolute Gasteiger partial charge is 0.182 e. The summed E-state index contributed by atoms with van der Waals surface area (Å²) in [6, 6.07) is 9.00. The minimum Gasteiger partial charge on any atom is -0.292 e. The van der Waals surface area contributed by atoms with E-state index in [1.54, 1.807) is 18.2 Å². The number of hydrogen-bond donors (Lipinski definition) is 0. The van der Waals surface area contributed by atoms with Crippen molar-refractivity contribution in [3.8, 4) is 5.69 Å². The molecule has 0 bridgehead atoms. The van der Waals surface area contributed by atoms with Crippen LogP contribution in [0.15, 0.2) is 36.4 Å². The third-order valence-electron chi connectivity index (χ3n) is 2.98. The van der Waals surface area contributed by atoms with Crippen molar-refractivity contribution < 1.29 is 8.78 Å². The van der Waals surface area contributed by atoms with Gasteiger partial charge in [-0.05, 0) is 30.3 Å². The molecule has 0 aliphatic carbocycles. The van der Waals surface area contributed by atoms with Gasteiger partial charge in [0, 0.05) is 5.02 Å².